The molecule has 0 aliphatic carbocycles. The van der Waals surface area contributed by atoms with Crippen LogP contribution in [-0.4, -0.2) is 48.1 Å². The Morgan fingerprint density at radius 2 is 1.41 bits per heavy atom. The number of aliphatic carboxylic acids is 1. The highest BCUT2D eigenvalue weighted by Crippen LogP contribution is 1.96. The van der Waals surface area contributed by atoms with Crippen LogP contribution in [-0.2, 0) is 14.4 Å². The van der Waals surface area contributed by atoms with Gasteiger partial charge in [-0.3, -0.25) is 14.4 Å². The lowest BCUT2D eigenvalue weighted by Crippen LogP contribution is -2.46. The molecule has 0 heterocycles. The molecule has 0 saturated heterocycles. The Kier molecular flexibility index (Phi) is 6.19. The van der Waals surface area contributed by atoms with Crippen LogP contribution in [0, 0.1) is 0 Å². The van der Waals surface area contributed by atoms with Crippen molar-refractivity contribution in [2.75, 3.05) is 19.6 Å². The summed E-state index contributed by atoms with van der Waals surface area (Å²) in [5.41, 5.74) is -0.178. The molecule has 0 aliphatic rings. The summed E-state index contributed by atoms with van der Waals surface area (Å²) in [4.78, 5) is 32.4. The van der Waals surface area contributed by atoms with Gasteiger partial charge in [0.25, 0.3) is 0 Å². The number of carboxylic acids is 1. The SMILES string of the molecule is CC(C)(C)NCC(=O)NCC(=O)NCC(=O)O. The van der Waals surface area contributed by atoms with Crippen molar-refractivity contribution in [3.63, 3.8) is 0 Å². The molecule has 0 aromatic rings. The number of amides is 2. The van der Waals surface area contributed by atoms with Crippen LogP contribution < -0.4 is 16.0 Å². The molecule has 0 radical (unpaired) electrons. The van der Waals surface area contributed by atoms with E-state index in [4.69, 9.17) is 5.11 Å². The number of rotatable bonds is 6. The molecular weight excluding hydrogens is 226 g/mol. The molecule has 98 valence electrons. The molecular formula is C10H19N3O4. The van der Waals surface area contributed by atoms with Gasteiger partial charge < -0.3 is 21.1 Å². The molecule has 0 aromatic carbocycles. The lowest BCUT2D eigenvalue weighted by atomic mass is 10.1. The summed E-state index contributed by atoms with van der Waals surface area (Å²) >= 11 is 0. The third-order valence-electron chi connectivity index (χ3n) is 1.66. The predicted octanol–water partition coefficient (Wildman–Crippen LogP) is -1.31. The monoisotopic (exact) mass is 245 g/mol. The van der Waals surface area contributed by atoms with Crippen molar-refractivity contribution in [1.82, 2.24) is 16.0 Å². The normalized spacial score (nSPS) is 10.8. The molecule has 0 atom stereocenters. The lowest BCUT2D eigenvalue weighted by molar-refractivity contribution is -0.137. The van der Waals surface area contributed by atoms with Crippen LogP contribution in [0.4, 0.5) is 0 Å². The number of hydrogen-bond acceptors (Lipinski definition) is 4. The summed E-state index contributed by atoms with van der Waals surface area (Å²) in [5.74, 6) is -1.97. The molecule has 0 bridgehead atoms. The highest BCUT2D eigenvalue weighted by atomic mass is 16.4. The first kappa shape index (κ1) is 15.4. The van der Waals surface area contributed by atoms with Crippen LogP contribution in [0.1, 0.15) is 20.8 Å². The number of carbonyl (C=O) groups is 3. The first-order valence-electron chi connectivity index (χ1n) is 5.21. The minimum absolute atomic E-state index is 0.107. The van der Waals surface area contributed by atoms with E-state index in [9.17, 15) is 14.4 Å². The molecule has 0 rings (SSSR count). The Labute approximate surface area is 100.0 Å². The van der Waals surface area contributed by atoms with Crippen molar-refractivity contribution in [1.29, 1.82) is 0 Å². The minimum atomic E-state index is -1.13. The second-order valence-corrected chi connectivity index (χ2v) is 4.55. The van der Waals surface area contributed by atoms with Crippen LogP contribution in [0.5, 0.6) is 0 Å². The Balaban J connectivity index is 3.70. The molecule has 17 heavy (non-hydrogen) atoms. The van der Waals surface area contributed by atoms with Gasteiger partial charge in [-0.15, -0.1) is 0 Å². The smallest absolute Gasteiger partial charge is 0.322 e. The number of hydrogen-bond donors (Lipinski definition) is 4. The van der Waals surface area contributed by atoms with E-state index in [1.54, 1.807) is 0 Å². The second-order valence-electron chi connectivity index (χ2n) is 4.55. The molecule has 0 aromatic heterocycles. The Hall–Kier alpha value is -1.63. The van der Waals surface area contributed by atoms with E-state index in [-0.39, 0.29) is 24.5 Å². The highest BCUT2D eigenvalue weighted by molar-refractivity contribution is 5.87. The van der Waals surface area contributed by atoms with Gasteiger partial charge in [-0.25, -0.2) is 0 Å². The summed E-state index contributed by atoms with van der Waals surface area (Å²) < 4.78 is 0. The molecule has 0 spiro atoms. The summed E-state index contributed by atoms with van der Waals surface area (Å²) in [6.07, 6.45) is 0. The highest BCUT2D eigenvalue weighted by Gasteiger charge is 2.12. The lowest BCUT2D eigenvalue weighted by Gasteiger charge is -2.19. The number of carboxylic acid groups (broad SMARTS) is 1. The van der Waals surface area contributed by atoms with Crippen molar-refractivity contribution < 1.29 is 19.5 Å². The van der Waals surface area contributed by atoms with Gasteiger partial charge >= 0.3 is 5.97 Å². The average molecular weight is 245 g/mol. The molecule has 0 saturated carbocycles. The van der Waals surface area contributed by atoms with Crippen LogP contribution in [0.25, 0.3) is 0 Å². The Bertz CT molecular complexity index is 296. The third kappa shape index (κ3) is 10.6. The topological polar surface area (TPSA) is 108 Å². The van der Waals surface area contributed by atoms with Crippen molar-refractivity contribution in [3.8, 4) is 0 Å². The Morgan fingerprint density at radius 3 is 1.88 bits per heavy atom. The van der Waals surface area contributed by atoms with Crippen molar-refractivity contribution in [2.24, 2.45) is 0 Å². The maximum Gasteiger partial charge on any atom is 0.322 e. The van der Waals surface area contributed by atoms with Gasteiger partial charge in [0.1, 0.15) is 6.54 Å². The van der Waals surface area contributed by atoms with E-state index >= 15 is 0 Å². The molecule has 0 fully saturated rings. The fourth-order valence-corrected chi connectivity index (χ4v) is 0.824. The van der Waals surface area contributed by atoms with Crippen LogP contribution in [0.2, 0.25) is 0 Å². The zero-order valence-electron chi connectivity index (χ0n) is 10.3. The fraction of sp³-hybridized carbons (Fsp3) is 0.700. The summed E-state index contributed by atoms with van der Waals surface area (Å²) in [5, 5.41) is 15.8. The average Bonchev–Trinajstić information content (AvgIpc) is 2.19. The molecule has 0 unspecified atom stereocenters. The van der Waals surface area contributed by atoms with Crippen molar-refractivity contribution >= 4 is 17.8 Å². The summed E-state index contributed by atoms with van der Waals surface area (Å²) in [6.45, 7) is 5.18. The molecule has 4 N–H and O–H groups in total. The molecule has 2 amide bonds. The first-order chi connectivity index (χ1) is 7.70. The predicted molar refractivity (Wildman–Crippen MR) is 61.4 cm³/mol. The summed E-state index contributed by atoms with van der Waals surface area (Å²) in [6, 6.07) is 0. The van der Waals surface area contributed by atoms with Crippen molar-refractivity contribution in [2.45, 2.75) is 26.3 Å². The maximum atomic E-state index is 11.3. The van der Waals surface area contributed by atoms with E-state index in [2.05, 4.69) is 16.0 Å². The standard InChI is InChI=1S/C10H19N3O4/c1-10(2,3)13-5-8(15)11-4-7(14)12-6-9(16)17/h13H,4-6H2,1-3H3,(H,11,15)(H,12,14)(H,16,17). The number of carbonyl (C=O) groups excluding carboxylic acids is 2. The van der Waals surface area contributed by atoms with E-state index < -0.39 is 18.4 Å². The zero-order valence-corrected chi connectivity index (χ0v) is 10.3. The fourth-order valence-electron chi connectivity index (χ4n) is 0.824. The number of nitrogens with one attached hydrogen (secondary N) is 3. The van der Waals surface area contributed by atoms with Gasteiger partial charge in [-0.05, 0) is 20.8 Å². The van der Waals surface area contributed by atoms with Gasteiger partial charge in [-0.2, -0.15) is 0 Å². The van der Waals surface area contributed by atoms with Gasteiger partial charge in [0, 0.05) is 5.54 Å². The third-order valence-corrected chi connectivity index (χ3v) is 1.66. The maximum absolute atomic E-state index is 11.3. The molecule has 0 aliphatic heterocycles. The Morgan fingerprint density at radius 1 is 0.941 bits per heavy atom. The van der Waals surface area contributed by atoms with Crippen LogP contribution in [0.3, 0.4) is 0 Å². The van der Waals surface area contributed by atoms with Gasteiger partial charge in [-0.1, -0.05) is 0 Å². The van der Waals surface area contributed by atoms with Gasteiger partial charge in [0.2, 0.25) is 11.8 Å². The van der Waals surface area contributed by atoms with E-state index in [0.717, 1.165) is 0 Å². The summed E-state index contributed by atoms with van der Waals surface area (Å²) in [7, 11) is 0. The van der Waals surface area contributed by atoms with Crippen molar-refractivity contribution in [3.05, 3.63) is 0 Å². The van der Waals surface area contributed by atoms with Gasteiger partial charge in [0.05, 0.1) is 13.1 Å². The second kappa shape index (κ2) is 6.85. The largest absolute Gasteiger partial charge is 0.480 e. The zero-order chi connectivity index (χ0) is 13.5. The first-order valence-corrected chi connectivity index (χ1v) is 5.21. The van der Waals surface area contributed by atoms with E-state index in [1.165, 1.54) is 0 Å². The van der Waals surface area contributed by atoms with Crippen LogP contribution in [0.15, 0.2) is 0 Å². The van der Waals surface area contributed by atoms with Gasteiger partial charge in [0.15, 0.2) is 0 Å². The van der Waals surface area contributed by atoms with E-state index in [1.807, 2.05) is 20.8 Å². The quantitative estimate of drug-likeness (QED) is 0.465. The molecule has 7 nitrogen and oxygen atoms in total. The minimum Gasteiger partial charge on any atom is -0.480 e. The molecule has 7 heteroatoms. The van der Waals surface area contributed by atoms with E-state index in [0.29, 0.717) is 0 Å². The van der Waals surface area contributed by atoms with Crippen LogP contribution >= 0.6 is 0 Å².